The topological polar surface area (TPSA) is 65.8 Å². The van der Waals surface area contributed by atoms with E-state index in [1.54, 1.807) is 0 Å². The van der Waals surface area contributed by atoms with Crippen molar-refractivity contribution in [1.29, 1.82) is 5.26 Å². The highest BCUT2D eigenvalue weighted by atomic mass is 32.2. The summed E-state index contributed by atoms with van der Waals surface area (Å²) in [7, 11) is 0. The maximum atomic E-state index is 11.7. The molecule has 0 radical (unpaired) electrons. The first kappa shape index (κ1) is 15.8. The van der Waals surface area contributed by atoms with Gasteiger partial charge >= 0.3 is 0 Å². The van der Waals surface area contributed by atoms with Gasteiger partial charge in [0.15, 0.2) is 0 Å². The van der Waals surface area contributed by atoms with Crippen molar-refractivity contribution in [2.45, 2.75) is 51.1 Å². The molecule has 1 aliphatic carbocycles. The normalized spacial score (nSPS) is 17.2. The largest absolute Gasteiger partial charge is 0.353 e. The van der Waals surface area contributed by atoms with Crippen molar-refractivity contribution in [2.75, 3.05) is 5.75 Å². The van der Waals surface area contributed by atoms with Crippen LogP contribution < -0.4 is 5.32 Å². The third kappa shape index (κ3) is 4.21. The first-order valence-corrected chi connectivity index (χ1v) is 8.33. The molecule has 1 aromatic rings. The van der Waals surface area contributed by atoms with Crippen LogP contribution in [0.25, 0.3) is 0 Å². The summed E-state index contributed by atoms with van der Waals surface area (Å²) >= 11 is 1.35. The predicted octanol–water partition coefficient (Wildman–Crippen LogP) is 2.69. The van der Waals surface area contributed by atoms with Gasteiger partial charge < -0.3 is 5.32 Å². The van der Waals surface area contributed by atoms with Crippen LogP contribution in [0.5, 0.6) is 0 Å². The molecule has 0 aromatic carbocycles. The minimum Gasteiger partial charge on any atom is -0.353 e. The second-order valence-corrected chi connectivity index (χ2v) is 6.88. The Hall–Kier alpha value is -1.54. The number of nitrogens with zero attached hydrogens (tertiary/aromatic N) is 2. The summed E-state index contributed by atoms with van der Waals surface area (Å²) in [4.78, 5) is 16.3. The Labute approximate surface area is 130 Å². The number of carbonyl (C=O) groups excluding carboxylic acids is 1. The number of pyridine rings is 1. The zero-order chi connectivity index (χ0) is 15.4. The monoisotopic (exact) mass is 303 g/mol. The van der Waals surface area contributed by atoms with Gasteiger partial charge in [-0.3, -0.25) is 4.79 Å². The zero-order valence-corrected chi connectivity index (χ0v) is 13.6. The molecule has 0 saturated carbocycles. The molecule has 1 aliphatic rings. The van der Waals surface area contributed by atoms with E-state index in [0.717, 1.165) is 25.0 Å². The number of carbonyl (C=O) groups is 1. The van der Waals surface area contributed by atoms with Gasteiger partial charge in [-0.2, -0.15) is 5.26 Å². The van der Waals surface area contributed by atoms with E-state index in [4.69, 9.17) is 0 Å². The summed E-state index contributed by atoms with van der Waals surface area (Å²) in [5.74, 6) is 0.933. The molecule has 1 aromatic heterocycles. The zero-order valence-electron chi connectivity index (χ0n) is 12.8. The molecule has 1 amide bonds. The molecule has 0 bridgehead atoms. The number of hydrogen-bond donors (Lipinski definition) is 1. The van der Waals surface area contributed by atoms with E-state index in [2.05, 4.69) is 23.3 Å². The molecular formula is C16H21N3OS. The van der Waals surface area contributed by atoms with E-state index in [1.165, 1.54) is 17.3 Å². The maximum absolute atomic E-state index is 11.7. The van der Waals surface area contributed by atoms with Crippen LogP contribution in [0.2, 0.25) is 0 Å². The fourth-order valence-corrected chi connectivity index (χ4v) is 3.30. The van der Waals surface area contributed by atoms with Gasteiger partial charge in [-0.15, -0.1) is 0 Å². The Morgan fingerprint density at radius 3 is 3.05 bits per heavy atom. The van der Waals surface area contributed by atoms with Crippen LogP contribution in [-0.2, 0) is 17.6 Å². The minimum atomic E-state index is -0.0213. The summed E-state index contributed by atoms with van der Waals surface area (Å²) in [5, 5.41) is 12.8. The molecular weight excluding hydrogens is 282 g/mol. The molecule has 21 heavy (non-hydrogen) atoms. The number of thioether (sulfide) groups is 1. The number of nitrogens with one attached hydrogen (secondary N) is 1. The summed E-state index contributed by atoms with van der Waals surface area (Å²) in [5.41, 5.74) is 2.88. The first-order chi connectivity index (χ1) is 9.99. The van der Waals surface area contributed by atoms with E-state index in [1.807, 2.05) is 19.9 Å². The van der Waals surface area contributed by atoms with Gasteiger partial charge in [-0.05, 0) is 50.7 Å². The molecule has 1 N–H and O–H groups in total. The highest BCUT2D eigenvalue weighted by Gasteiger charge is 2.19. The standard InChI is InChI=1S/C16H21N3OS/c1-10(2)18-15(20)9-21-16-13(8-17)7-12-6-11(3)4-5-14(12)19-16/h7,10-11H,4-6,9H2,1-3H3,(H,18,20). The Kier molecular flexibility index (Phi) is 5.24. The second kappa shape index (κ2) is 6.95. The number of aryl methyl sites for hydroxylation is 1. The average Bonchev–Trinajstić information content (AvgIpc) is 2.43. The van der Waals surface area contributed by atoms with Crippen LogP contribution in [0, 0.1) is 17.2 Å². The van der Waals surface area contributed by atoms with Crippen molar-refractivity contribution in [3.05, 3.63) is 22.9 Å². The summed E-state index contributed by atoms with van der Waals surface area (Å²) in [6, 6.07) is 4.30. The molecule has 4 nitrogen and oxygen atoms in total. The molecule has 1 unspecified atom stereocenters. The molecule has 1 heterocycles. The predicted molar refractivity (Wildman–Crippen MR) is 84.1 cm³/mol. The van der Waals surface area contributed by atoms with E-state index in [-0.39, 0.29) is 11.9 Å². The van der Waals surface area contributed by atoms with Gasteiger partial charge in [-0.25, -0.2) is 4.98 Å². The van der Waals surface area contributed by atoms with E-state index < -0.39 is 0 Å². The fourth-order valence-electron chi connectivity index (χ4n) is 2.52. The van der Waals surface area contributed by atoms with Crippen LogP contribution >= 0.6 is 11.8 Å². The fraction of sp³-hybridized carbons (Fsp3) is 0.562. The number of amides is 1. The number of nitriles is 1. The Morgan fingerprint density at radius 1 is 1.62 bits per heavy atom. The molecule has 0 saturated heterocycles. The third-order valence-corrected chi connectivity index (χ3v) is 4.50. The average molecular weight is 303 g/mol. The van der Waals surface area contributed by atoms with Gasteiger partial charge in [0.05, 0.1) is 11.3 Å². The molecule has 0 aliphatic heterocycles. The lowest BCUT2D eigenvalue weighted by Gasteiger charge is -2.21. The highest BCUT2D eigenvalue weighted by Crippen LogP contribution is 2.29. The van der Waals surface area contributed by atoms with E-state index in [0.29, 0.717) is 22.3 Å². The minimum absolute atomic E-state index is 0.0213. The van der Waals surface area contributed by atoms with Gasteiger partial charge in [0.2, 0.25) is 5.91 Å². The lowest BCUT2D eigenvalue weighted by molar-refractivity contribution is -0.119. The van der Waals surface area contributed by atoms with Crippen LogP contribution in [0.4, 0.5) is 0 Å². The number of hydrogen-bond acceptors (Lipinski definition) is 4. The Bertz CT molecular complexity index is 578. The van der Waals surface area contributed by atoms with E-state index >= 15 is 0 Å². The van der Waals surface area contributed by atoms with Crippen molar-refractivity contribution in [3.63, 3.8) is 0 Å². The van der Waals surface area contributed by atoms with Crippen molar-refractivity contribution in [1.82, 2.24) is 10.3 Å². The molecule has 0 fully saturated rings. The molecule has 112 valence electrons. The van der Waals surface area contributed by atoms with Crippen LogP contribution in [-0.4, -0.2) is 22.7 Å². The van der Waals surface area contributed by atoms with Gasteiger partial charge in [-0.1, -0.05) is 18.7 Å². The molecule has 0 spiro atoms. The quantitative estimate of drug-likeness (QED) is 0.869. The van der Waals surface area contributed by atoms with Crippen LogP contribution in [0.3, 0.4) is 0 Å². The lowest BCUT2D eigenvalue weighted by atomic mass is 9.87. The number of rotatable bonds is 4. The number of aromatic nitrogens is 1. The molecule has 2 rings (SSSR count). The van der Waals surface area contributed by atoms with Crippen molar-refractivity contribution >= 4 is 17.7 Å². The summed E-state index contributed by atoms with van der Waals surface area (Å²) in [6.45, 7) is 6.09. The molecule has 1 atom stereocenters. The SMILES string of the molecule is CC1CCc2nc(SCC(=O)NC(C)C)c(C#N)cc2C1. The van der Waals surface area contributed by atoms with Crippen LogP contribution in [0.1, 0.15) is 44.0 Å². The van der Waals surface area contributed by atoms with Gasteiger partial charge in [0.1, 0.15) is 11.1 Å². The highest BCUT2D eigenvalue weighted by molar-refractivity contribution is 8.00. The second-order valence-electron chi connectivity index (χ2n) is 5.92. The Morgan fingerprint density at radius 2 is 2.38 bits per heavy atom. The first-order valence-electron chi connectivity index (χ1n) is 7.34. The van der Waals surface area contributed by atoms with Crippen molar-refractivity contribution in [3.8, 4) is 6.07 Å². The van der Waals surface area contributed by atoms with Crippen molar-refractivity contribution in [2.24, 2.45) is 5.92 Å². The Balaban J connectivity index is 2.13. The summed E-state index contributed by atoms with van der Waals surface area (Å²) in [6.07, 6.45) is 3.10. The smallest absolute Gasteiger partial charge is 0.230 e. The van der Waals surface area contributed by atoms with E-state index in [9.17, 15) is 10.1 Å². The number of fused-ring (bicyclic) bond motifs is 1. The maximum Gasteiger partial charge on any atom is 0.230 e. The molecule has 5 heteroatoms. The third-order valence-electron chi connectivity index (χ3n) is 3.51. The lowest BCUT2D eigenvalue weighted by Crippen LogP contribution is -2.31. The van der Waals surface area contributed by atoms with Gasteiger partial charge in [0, 0.05) is 11.7 Å². The van der Waals surface area contributed by atoms with Gasteiger partial charge in [0.25, 0.3) is 0 Å². The summed E-state index contributed by atoms with van der Waals surface area (Å²) < 4.78 is 0. The van der Waals surface area contributed by atoms with Crippen LogP contribution in [0.15, 0.2) is 11.1 Å². The van der Waals surface area contributed by atoms with Crippen molar-refractivity contribution < 1.29 is 4.79 Å².